The summed E-state index contributed by atoms with van der Waals surface area (Å²) in [6, 6.07) is 4.55. The van der Waals surface area contributed by atoms with Crippen molar-refractivity contribution in [2.45, 2.75) is 38.3 Å². The van der Waals surface area contributed by atoms with Gasteiger partial charge in [0.15, 0.2) is 5.60 Å². The van der Waals surface area contributed by atoms with E-state index in [9.17, 15) is 24.8 Å². The summed E-state index contributed by atoms with van der Waals surface area (Å²) in [5, 5.41) is 19.8. The number of hydrogen-bond donors (Lipinski definition) is 1. The average Bonchev–Trinajstić information content (AvgIpc) is 2.96. The Balaban J connectivity index is 2.12. The Bertz CT molecular complexity index is 625. The zero-order chi connectivity index (χ0) is 17.2. The lowest BCUT2D eigenvalue weighted by molar-refractivity contribution is -0.384. The molecule has 23 heavy (non-hydrogen) atoms. The fourth-order valence-electron chi connectivity index (χ4n) is 2.59. The molecule has 124 valence electrons. The number of carbonyl (C=O) groups excluding carboxylic acids is 1. The summed E-state index contributed by atoms with van der Waals surface area (Å²) in [7, 11) is 0. The number of nitrogens with zero attached hydrogens (tertiary/aromatic N) is 2. The predicted molar refractivity (Wildman–Crippen MR) is 80.2 cm³/mol. The van der Waals surface area contributed by atoms with Crippen molar-refractivity contribution in [1.82, 2.24) is 4.90 Å². The van der Waals surface area contributed by atoms with E-state index in [4.69, 9.17) is 4.74 Å². The predicted octanol–water partition coefficient (Wildman–Crippen LogP) is 1.83. The monoisotopic (exact) mass is 322 g/mol. The minimum atomic E-state index is -1.27. The molecule has 0 radical (unpaired) electrons. The maximum Gasteiger partial charge on any atom is 0.326 e. The van der Waals surface area contributed by atoms with Crippen LogP contribution in [0.15, 0.2) is 24.3 Å². The number of ether oxygens (including phenoxy) is 1. The molecule has 0 aromatic heterocycles. The zero-order valence-corrected chi connectivity index (χ0v) is 12.9. The molecule has 1 atom stereocenters. The summed E-state index contributed by atoms with van der Waals surface area (Å²) in [5.41, 5.74) is -1.35. The Kier molecular flexibility index (Phi) is 4.53. The summed E-state index contributed by atoms with van der Waals surface area (Å²) in [5.74, 6) is -1.14. The van der Waals surface area contributed by atoms with Gasteiger partial charge in [-0.15, -0.1) is 0 Å². The van der Waals surface area contributed by atoms with Crippen molar-refractivity contribution in [3.8, 4) is 5.75 Å². The molecule has 0 bridgehead atoms. The number of rotatable bonds is 5. The van der Waals surface area contributed by atoms with E-state index in [2.05, 4.69) is 0 Å². The number of aliphatic carboxylic acids is 1. The van der Waals surface area contributed by atoms with Gasteiger partial charge in [-0.1, -0.05) is 0 Å². The number of hydrogen-bond acceptors (Lipinski definition) is 5. The first kappa shape index (κ1) is 16.7. The number of likely N-dealkylation sites (tertiary alicyclic amines) is 1. The van der Waals surface area contributed by atoms with Crippen LogP contribution in [0.2, 0.25) is 0 Å². The van der Waals surface area contributed by atoms with Crippen LogP contribution in [0.4, 0.5) is 5.69 Å². The molecule has 1 amide bonds. The van der Waals surface area contributed by atoms with Crippen molar-refractivity contribution in [2.24, 2.45) is 0 Å². The third-order valence-electron chi connectivity index (χ3n) is 3.73. The van der Waals surface area contributed by atoms with Crippen LogP contribution in [-0.2, 0) is 9.59 Å². The van der Waals surface area contributed by atoms with Gasteiger partial charge in [0.2, 0.25) is 0 Å². The third-order valence-corrected chi connectivity index (χ3v) is 3.73. The van der Waals surface area contributed by atoms with E-state index in [-0.39, 0.29) is 5.69 Å². The molecule has 1 saturated heterocycles. The number of amides is 1. The van der Waals surface area contributed by atoms with Gasteiger partial charge in [-0.2, -0.15) is 0 Å². The van der Waals surface area contributed by atoms with E-state index in [0.29, 0.717) is 25.1 Å². The van der Waals surface area contributed by atoms with Crippen LogP contribution in [0.3, 0.4) is 0 Å². The van der Waals surface area contributed by atoms with Gasteiger partial charge < -0.3 is 14.7 Å². The van der Waals surface area contributed by atoms with Gasteiger partial charge in [0, 0.05) is 18.7 Å². The molecule has 1 aromatic carbocycles. The highest BCUT2D eigenvalue weighted by atomic mass is 16.6. The SMILES string of the molecule is CC(C)(Oc1ccc([N+](=O)[O-])cc1)C(=O)N1CCCC1C(=O)O. The van der Waals surface area contributed by atoms with Gasteiger partial charge in [0.1, 0.15) is 11.8 Å². The topological polar surface area (TPSA) is 110 Å². The van der Waals surface area contributed by atoms with E-state index in [1.165, 1.54) is 29.2 Å². The lowest BCUT2D eigenvalue weighted by Gasteiger charge is -2.32. The second-order valence-electron chi connectivity index (χ2n) is 5.86. The van der Waals surface area contributed by atoms with Crippen LogP contribution in [0.5, 0.6) is 5.75 Å². The average molecular weight is 322 g/mol. The molecular formula is C15H18N2O6. The zero-order valence-electron chi connectivity index (χ0n) is 12.9. The van der Waals surface area contributed by atoms with E-state index >= 15 is 0 Å². The molecule has 8 heteroatoms. The van der Waals surface area contributed by atoms with E-state index in [0.717, 1.165) is 0 Å². The van der Waals surface area contributed by atoms with Gasteiger partial charge in [0.25, 0.3) is 11.6 Å². The molecule has 1 fully saturated rings. The van der Waals surface area contributed by atoms with Crippen molar-refractivity contribution < 1.29 is 24.4 Å². The first-order chi connectivity index (χ1) is 10.7. The fourth-order valence-corrected chi connectivity index (χ4v) is 2.59. The van der Waals surface area contributed by atoms with Crippen LogP contribution in [0.25, 0.3) is 0 Å². The van der Waals surface area contributed by atoms with Gasteiger partial charge in [-0.05, 0) is 38.8 Å². The Morgan fingerprint density at radius 3 is 2.48 bits per heavy atom. The highest BCUT2D eigenvalue weighted by molar-refractivity contribution is 5.89. The number of nitro benzene ring substituents is 1. The molecule has 1 N–H and O–H groups in total. The number of benzene rings is 1. The van der Waals surface area contributed by atoms with Crippen molar-refractivity contribution in [1.29, 1.82) is 0 Å². The van der Waals surface area contributed by atoms with Crippen molar-refractivity contribution in [2.75, 3.05) is 6.54 Å². The summed E-state index contributed by atoms with van der Waals surface area (Å²) >= 11 is 0. The van der Waals surface area contributed by atoms with Crippen LogP contribution in [0.1, 0.15) is 26.7 Å². The van der Waals surface area contributed by atoms with Crippen molar-refractivity contribution >= 4 is 17.6 Å². The van der Waals surface area contributed by atoms with Crippen LogP contribution < -0.4 is 4.74 Å². The first-order valence-corrected chi connectivity index (χ1v) is 7.20. The molecule has 1 heterocycles. The van der Waals surface area contributed by atoms with Gasteiger partial charge >= 0.3 is 5.97 Å². The number of carboxylic acids is 1. The number of carbonyl (C=O) groups is 2. The summed E-state index contributed by atoms with van der Waals surface area (Å²) < 4.78 is 5.63. The van der Waals surface area contributed by atoms with Crippen LogP contribution in [-0.4, -0.2) is 45.0 Å². The number of carboxylic acid groups (broad SMARTS) is 1. The maximum atomic E-state index is 12.6. The Morgan fingerprint density at radius 1 is 1.35 bits per heavy atom. The highest BCUT2D eigenvalue weighted by Gasteiger charge is 2.42. The van der Waals surface area contributed by atoms with Gasteiger partial charge in [0.05, 0.1) is 4.92 Å². The van der Waals surface area contributed by atoms with Crippen LogP contribution >= 0.6 is 0 Å². The first-order valence-electron chi connectivity index (χ1n) is 7.20. The van der Waals surface area contributed by atoms with Gasteiger partial charge in [-0.25, -0.2) is 4.79 Å². The van der Waals surface area contributed by atoms with E-state index < -0.39 is 28.4 Å². The molecular weight excluding hydrogens is 304 g/mol. The highest BCUT2D eigenvalue weighted by Crippen LogP contribution is 2.26. The Labute approximate surface area is 132 Å². The summed E-state index contributed by atoms with van der Waals surface area (Å²) in [6.07, 6.45) is 1.06. The molecule has 0 spiro atoms. The lowest BCUT2D eigenvalue weighted by atomic mass is 10.1. The Morgan fingerprint density at radius 2 is 1.96 bits per heavy atom. The molecule has 8 nitrogen and oxygen atoms in total. The molecule has 1 aromatic rings. The van der Waals surface area contributed by atoms with E-state index in [1.807, 2.05) is 0 Å². The molecule has 1 aliphatic heterocycles. The minimum Gasteiger partial charge on any atom is -0.480 e. The second-order valence-corrected chi connectivity index (χ2v) is 5.86. The Hall–Kier alpha value is -2.64. The molecule has 0 aliphatic carbocycles. The molecule has 1 aliphatic rings. The van der Waals surface area contributed by atoms with Crippen LogP contribution in [0, 0.1) is 10.1 Å². The summed E-state index contributed by atoms with van der Waals surface area (Å²) in [4.78, 5) is 35.2. The maximum absolute atomic E-state index is 12.6. The minimum absolute atomic E-state index is 0.0769. The normalized spacial score (nSPS) is 17.8. The molecule has 1 unspecified atom stereocenters. The molecule has 0 saturated carbocycles. The van der Waals surface area contributed by atoms with E-state index in [1.54, 1.807) is 13.8 Å². The largest absolute Gasteiger partial charge is 0.480 e. The number of non-ortho nitro benzene ring substituents is 1. The third kappa shape index (κ3) is 3.58. The number of nitro groups is 1. The lowest BCUT2D eigenvalue weighted by Crippen LogP contribution is -2.52. The van der Waals surface area contributed by atoms with Crippen molar-refractivity contribution in [3.05, 3.63) is 34.4 Å². The smallest absolute Gasteiger partial charge is 0.326 e. The standard InChI is InChI=1S/C15H18N2O6/c1-15(2,14(20)16-9-3-4-12(16)13(18)19)23-11-7-5-10(6-8-11)17(21)22/h5-8,12H,3-4,9H2,1-2H3,(H,18,19). The second kappa shape index (κ2) is 6.23. The van der Waals surface area contributed by atoms with Gasteiger partial charge in [-0.3, -0.25) is 14.9 Å². The van der Waals surface area contributed by atoms with Crippen molar-refractivity contribution in [3.63, 3.8) is 0 Å². The summed E-state index contributed by atoms with van der Waals surface area (Å²) in [6.45, 7) is 3.48. The quantitative estimate of drug-likeness (QED) is 0.654. The molecule has 2 rings (SSSR count). The fraction of sp³-hybridized carbons (Fsp3) is 0.467.